The van der Waals surface area contributed by atoms with E-state index in [1.165, 1.54) is 0 Å². The van der Waals surface area contributed by atoms with Crippen LogP contribution < -0.4 is 4.98 Å². The molecule has 0 radical (unpaired) electrons. The van der Waals surface area contributed by atoms with Gasteiger partial charge < -0.3 is 4.98 Å². The molecule has 0 heterocycles. The van der Waals surface area contributed by atoms with Gasteiger partial charge in [-0.3, -0.25) is 0 Å². The Morgan fingerprint density at radius 3 is 1.20 bits per heavy atom. The van der Waals surface area contributed by atoms with Crippen molar-refractivity contribution in [1.29, 1.82) is 0 Å². The highest BCUT2D eigenvalue weighted by Gasteiger charge is 2.21. The molecule has 0 aliphatic heterocycles. The van der Waals surface area contributed by atoms with E-state index in [0.717, 1.165) is 0 Å². The number of hydrogen-bond acceptors (Lipinski definition) is 1. The van der Waals surface area contributed by atoms with Crippen LogP contribution in [0.1, 0.15) is 0 Å². The Labute approximate surface area is 90.3 Å². The van der Waals surface area contributed by atoms with Gasteiger partial charge in [-0.1, -0.05) is 0 Å². The van der Waals surface area contributed by atoms with Gasteiger partial charge in [-0.05, 0) is 7.05 Å². The van der Waals surface area contributed by atoms with E-state index >= 15 is 0 Å². The Morgan fingerprint density at radius 2 is 1.20 bits per heavy atom. The fourth-order valence-corrected chi connectivity index (χ4v) is 0. The second-order valence-corrected chi connectivity index (χ2v) is 11.3. The van der Waals surface area contributed by atoms with Crippen molar-refractivity contribution in [2.45, 2.75) is 0 Å². The van der Waals surface area contributed by atoms with Gasteiger partial charge in [0.25, 0.3) is 0 Å². The first-order valence-electron chi connectivity index (χ1n) is 1.97. The zero-order valence-electron chi connectivity index (χ0n) is 4.85. The molecule has 0 aromatic carbocycles. The lowest BCUT2D eigenvalue weighted by Gasteiger charge is -2.00. The molecule has 0 amide bonds. The van der Waals surface area contributed by atoms with E-state index in [-0.39, 0.29) is 0 Å². The van der Waals surface area contributed by atoms with E-state index in [1.807, 2.05) is 0 Å². The van der Waals surface area contributed by atoms with Crippen LogP contribution >= 0.6 is 67.6 Å². The van der Waals surface area contributed by atoms with Gasteiger partial charge in [0.1, 0.15) is 0 Å². The summed E-state index contributed by atoms with van der Waals surface area (Å²) in [5, 5.41) is 0. The quantitative estimate of drug-likeness (QED) is 0.575. The minimum Gasteiger partial charge on any atom is -0.304 e. The molecule has 1 N–H and O–H groups in total. The fraction of sp³-hybridized carbons (Fsp3) is 1.00. The first kappa shape index (κ1) is 14.5. The standard InChI is InChI=1S/CH4Cl3NSi.BCl3/c1-5-6(2,3)4;2-1(3)4/h5H,1H3;. The highest BCUT2D eigenvalue weighted by atomic mass is 35.8. The molecule has 0 bridgehead atoms. The van der Waals surface area contributed by atoms with Gasteiger partial charge >= 0.3 is 11.1 Å². The molecule has 0 spiro atoms. The average molecular weight is 282 g/mol. The molecule has 10 heavy (non-hydrogen) atoms. The van der Waals surface area contributed by atoms with Crippen molar-refractivity contribution in [2.75, 3.05) is 7.05 Å². The van der Waals surface area contributed by atoms with Crippen molar-refractivity contribution < 1.29 is 0 Å². The molecule has 1 nitrogen and oxygen atoms in total. The second kappa shape index (κ2) is 7.62. The van der Waals surface area contributed by atoms with E-state index in [2.05, 4.69) is 4.98 Å². The van der Waals surface area contributed by atoms with E-state index in [1.54, 1.807) is 7.05 Å². The summed E-state index contributed by atoms with van der Waals surface area (Å²) in [6, 6.07) is 0. The molecule has 0 saturated carbocycles. The third kappa shape index (κ3) is 32.4. The Balaban J connectivity index is 0. The van der Waals surface area contributed by atoms with Crippen molar-refractivity contribution >= 4 is 78.7 Å². The molecule has 0 atom stereocenters. The molecule has 0 unspecified atom stereocenters. The van der Waals surface area contributed by atoms with Crippen LogP contribution in [-0.2, 0) is 0 Å². The monoisotopic (exact) mass is 279 g/mol. The third-order valence-electron chi connectivity index (χ3n) is 0.283. The van der Waals surface area contributed by atoms with Gasteiger partial charge in [0, 0.05) is 0 Å². The number of halogens is 6. The van der Waals surface area contributed by atoms with E-state index in [0.29, 0.717) is 0 Å². The number of rotatable bonds is 1. The summed E-state index contributed by atoms with van der Waals surface area (Å²) in [5.74, 6) is 0. The van der Waals surface area contributed by atoms with Crippen LogP contribution in [-0.4, -0.2) is 18.2 Å². The lowest BCUT2D eigenvalue weighted by Crippen LogP contribution is -2.29. The number of nitrogens with one attached hydrogen (secondary N) is 1. The Kier molecular flexibility index (Phi) is 11.1. The number of hydrogen-bond donors (Lipinski definition) is 1. The van der Waals surface area contributed by atoms with Crippen LogP contribution in [0.5, 0.6) is 0 Å². The van der Waals surface area contributed by atoms with Gasteiger partial charge in [-0.2, -0.15) is 34.4 Å². The molecule has 0 aliphatic carbocycles. The molecular weight excluding hydrogens is 278 g/mol. The molecule has 0 saturated heterocycles. The highest BCUT2D eigenvalue weighted by molar-refractivity contribution is 7.63. The van der Waals surface area contributed by atoms with Crippen molar-refractivity contribution in [3.8, 4) is 0 Å². The largest absolute Gasteiger partial charge is 0.450 e. The first-order valence-corrected chi connectivity index (χ1v) is 8.32. The zero-order valence-corrected chi connectivity index (χ0v) is 10.4. The summed E-state index contributed by atoms with van der Waals surface area (Å²) < 4.78 is 0. The summed E-state index contributed by atoms with van der Waals surface area (Å²) in [7, 11) is 1.62. The Morgan fingerprint density at radius 1 is 1.10 bits per heavy atom. The lowest BCUT2D eigenvalue weighted by atomic mass is 10.7. The molecule has 0 aromatic heterocycles. The normalized spacial score (nSPS) is 9.90. The fourth-order valence-electron chi connectivity index (χ4n) is 0. The Bertz CT molecular complexity index is 69.9. The van der Waals surface area contributed by atoms with Crippen molar-refractivity contribution in [3.05, 3.63) is 0 Å². The van der Waals surface area contributed by atoms with Gasteiger partial charge in [0.2, 0.25) is 0 Å². The van der Waals surface area contributed by atoms with E-state index in [9.17, 15) is 0 Å². The van der Waals surface area contributed by atoms with Crippen LogP contribution in [0.15, 0.2) is 0 Å². The molecule has 62 valence electrons. The summed E-state index contributed by atoms with van der Waals surface area (Å²) in [6.45, 7) is 0. The van der Waals surface area contributed by atoms with E-state index < -0.39 is 11.1 Å². The van der Waals surface area contributed by atoms with Crippen molar-refractivity contribution in [2.24, 2.45) is 0 Å². The smallest absolute Gasteiger partial charge is 0.304 e. The topological polar surface area (TPSA) is 12.0 Å². The van der Waals surface area contributed by atoms with Gasteiger partial charge in [0.05, 0.1) is 0 Å². The summed E-state index contributed by atoms with van der Waals surface area (Å²) in [5.41, 5.74) is 0. The maximum absolute atomic E-state index is 5.28. The third-order valence-corrected chi connectivity index (χ3v) is 2.55. The SMILES string of the molecule is CN[Si](Cl)(Cl)Cl.ClB(Cl)Cl. The predicted octanol–water partition coefficient (Wildman–Crippen LogP) is 3.05. The predicted molar refractivity (Wildman–Crippen MR) is 55.7 cm³/mol. The highest BCUT2D eigenvalue weighted by Crippen LogP contribution is 2.13. The molecule has 0 rings (SSSR count). The summed E-state index contributed by atoms with van der Waals surface area (Å²) in [4.78, 5) is 1.79. The van der Waals surface area contributed by atoms with Crippen molar-refractivity contribution in [1.82, 2.24) is 4.98 Å². The minimum absolute atomic E-state index is 0.750. The maximum atomic E-state index is 5.28. The first-order chi connectivity index (χ1) is 4.29. The lowest BCUT2D eigenvalue weighted by molar-refractivity contribution is 1.25. The second-order valence-electron chi connectivity index (χ2n) is 0.995. The molecule has 0 aromatic rings. The van der Waals surface area contributed by atoms with Crippen LogP contribution in [0.25, 0.3) is 0 Å². The van der Waals surface area contributed by atoms with Crippen molar-refractivity contribution in [3.63, 3.8) is 0 Å². The maximum Gasteiger partial charge on any atom is 0.450 e. The summed E-state index contributed by atoms with van der Waals surface area (Å²) >= 11 is 30.2. The van der Waals surface area contributed by atoms with Gasteiger partial charge in [-0.25, -0.2) is 0 Å². The van der Waals surface area contributed by atoms with Gasteiger partial charge in [0.15, 0.2) is 0 Å². The minimum atomic E-state index is -2.46. The molecule has 0 aliphatic rings. The molecular formula is CH4BCl6NSi. The molecule has 0 fully saturated rings. The van der Waals surface area contributed by atoms with Crippen LogP contribution in [0.3, 0.4) is 0 Å². The average Bonchev–Trinajstić information content (AvgIpc) is 1.63. The van der Waals surface area contributed by atoms with Crippen LogP contribution in [0.2, 0.25) is 0 Å². The molecule has 9 heteroatoms. The zero-order chi connectivity index (χ0) is 8.78. The summed E-state index contributed by atoms with van der Waals surface area (Å²) in [6.07, 6.45) is -2.46. The van der Waals surface area contributed by atoms with E-state index in [4.69, 9.17) is 67.6 Å². The Hall–Kier alpha value is 1.98. The van der Waals surface area contributed by atoms with Crippen LogP contribution in [0.4, 0.5) is 0 Å². The van der Waals surface area contributed by atoms with Crippen LogP contribution in [0, 0.1) is 0 Å². The van der Waals surface area contributed by atoms with Gasteiger partial charge in [-0.15, -0.1) is 33.2 Å².